The van der Waals surface area contributed by atoms with E-state index in [4.69, 9.17) is 9.84 Å². The zero-order chi connectivity index (χ0) is 13.0. The Balaban J connectivity index is 2.00. The highest BCUT2D eigenvalue weighted by Crippen LogP contribution is 2.25. The van der Waals surface area contributed by atoms with Crippen molar-refractivity contribution in [2.24, 2.45) is 5.92 Å². The van der Waals surface area contributed by atoms with Crippen molar-refractivity contribution in [2.75, 3.05) is 13.7 Å². The normalized spacial score (nSPS) is 22.8. The lowest BCUT2D eigenvalue weighted by atomic mass is 10.1. The molecule has 2 rings (SSSR count). The number of aromatic nitrogens is 1. The van der Waals surface area contributed by atoms with Crippen LogP contribution < -0.4 is 10.1 Å². The second kappa shape index (κ2) is 5.82. The van der Waals surface area contributed by atoms with Crippen LogP contribution in [0.1, 0.15) is 29.6 Å². The Morgan fingerprint density at radius 1 is 1.61 bits per heavy atom. The Kier molecular flexibility index (Phi) is 4.15. The Morgan fingerprint density at radius 3 is 3.11 bits per heavy atom. The largest absolute Gasteiger partial charge is 0.480 e. The SMILES string of the molecule is COc1ncccc1C(=O)N[C@H]1CC[C@@H](CO)C1. The molecule has 1 saturated carbocycles. The molecule has 1 aromatic rings. The molecule has 0 unspecified atom stereocenters. The van der Waals surface area contributed by atoms with Crippen molar-refractivity contribution in [3.05, 3.63) is 23.9 Å². The van der Waals surface area contributed by atoms with E-state index in [1.807, 2.05) is 0 Å². The molecule has 1 fully saturated rings. The van der Waals surface area contributed by atoms with Crippen molar-refractivity contribution in [1.82, 2.24) is 10.3 Å². The predicted molar refractivity (Wildman–Crippen MR) is 66.5 cm³/mol. The number of amides is 1. The molecular formula is C13H18N2O3. The van der Waals surface area contributed by atoms with E-state index in [2.05, 4.69) is 10.3 Å². The van der Waals surface area contributed by atoms with Crippen LogP contribution in [0.2, 0.25) is 0 Å². The van der Waals surface area contributed by atoms with Gasteiger partial charge in [-0.05, 0) is 37.3 Å². The van der Waals surface area contributed by atoms with E-state index >= 15 is 0 Å². The van der Waals surface area contributed by atoms with E-state index in [-0.39, 0.29) is 18.6 Å². The van der Waals surface area contributed by atoms with Crippen molar-refractivity contribution < 1.29 is 14.6 Å². The average molecular weight is 250 g/mol. The number of pyridine rings is 1. The van der Waals surface area contributed by atoms with Crippen LogP contribution in [0.25, 0.3) is 0 Å². The van der Waals surface area contributed by atoms with Gasteiger partial charge in [0.1, 0.15) is 5.56 Å². The first-order valence-electron chi connectivity index (χ1n) is 6.15. The van der Waals surface area contributed by atoms with E-state index in [1.54, 1.807) is 18.3 Å². The van der Waals surface area contributed by atoms with Crippen molar-refractivity contribution in [3.63, 3.8) is 0 Å². The number of rotatable bonds is 4. The third kappa shape index (κ3) is 2.79. The fraction of sp³-hybridized carbons (Fsp3) is 0.538. The first kappa shape index (κ1) is 12.8. The highest BCUT2D eigenvalue weighted by atomic mass is 16.5. The quantitative estimate of drug-likeness (QED) is 0.835. The predicted octanol–water partition coefficient (Wildman–Crippen LogP) is 0.981. The number of carbonyl (C=O) groups excluding carboxylic acids is 1. The molecule has 0 saturated heterocycles. The number of carbonyl (C=O) groups is 1. The first-order chi connectivity index (χ1) is 8.74. The third-order valence-corrected chi connectivity index (χ3v) is 3.34. The molecule has 1 heterocycles. The smallest absolute Gasteiger partial charge is 0.256 e. The van der Waals surface area contributed by atoms with Crippen LogP contribution in [0.4, 0.5) is 0 Å². The second-order valence-corrected chi connectivity index (χ2v) is 4.59. The van der Waals surface area contributed by atoms with Gasteiger partial charge in [0.05, 0.1) is 7.11 Å². The minimum Gasteiger partial charge on any atom is -0.480 e. The summed E-state index contributed by atoms with van der Waals surface area (Å²) in [6, 6.07) is 3.54. The lowest BCUT2D eigenvalue weighted by molar-refractivity contribution is 0.0932. The van der Waals surface area contributed by atoms with E-state index in [0.717, 1.165) is 19.3 Å². The minimum atomic E-state index is -0.163. The Labute approximate surface area is 106 Å². The zero-order valence-electron chi connectivity index (χ0n) is 10.4. The van der Waals surface area contributed by atoms with Crippen LogP contribution in [0.3, 0.4) is 0 Å². The van der Waals surface area contributed by atoms with Gasteiger partial charge < -0.3 is 15.2 Å². The zero-order valence-corrected chi connectivity index (χ0v) is 10.4. The summed E-state index contributed by atoms with van der Waals surface area (Å²) in [7, 11) is 1.50. The number of hydrogen-bond donors (Lipinski definition) is 2. The highest BCUT2D eigenvalue weighted by Gasteiger charge is 2.26. The van der Waals surface area contributed by atoms with Gasteiger partial charge in [0.25, 0.3) is 5.91 Å². The monoisotopic (exact) mass is 250 g/mol. The van der Waals surface area contributed by atoms with E-state index < -0.39 is 0 Å². The van der Waals surface area contributed by atoms with Gasteiger partial charge in [-0.25, -0.2) is 4.98 Å². The Morgan fingerprint density at radius 2 is 2.44 bits per heavy atom. The van der Waals surface area contributed by atoms with Gasteiger partial charge in [-0.1, -0.05) is 0 Å². The number of methoxy groups -OCH3 is 1. The first-order valence-corrected chi connectivity index (χ1v) is 6.15. The molecule has 2 N–H and O–H groups in total. The van der Waals surface area contributed by atoms with Gasteiger partial charge in [-0.15, -0.1) is 0 Å². The van der Waals surface area contributed by atoms with Crippen LogP contribution in [0.15, 0.2) is 18.3 Å². The molecule has 2 atom stereocenters. The molecule has 5 heteroatoms. The fourth-order valence-corrected chi connectivity index (χ4v) is 2.36. The molecule has 1 aliphatic carbocycles. The maximum Gasteiger partial charge on any atom is 0.256 e. The van der Waals surface area contributed by atoms with Crippen LogP contribution in [-0.2, 0) is 0 Å². The van der Waals surface area contributed by atoms with Crippen molar-refractivity contribution in [3.8, 4) is 5.88 Å². The number of nitrogens with one attached hydrogen (secondary N) is 1. The van der Waals surface area contributed by atoms with Gasteiger partial charge >= 0.3 is 0 Å². The maximum absolute atomic E-state index is 12.1. The minimum absolute atomic E-state index is 0.138. The lowest BCUT2D eigenvalue weighted by Crippen LogP contribution is -2.33. The summed E-state index contributed by atoms with van der Waals surface area (Å²) in [5, 5.41) is 12.0. The summed E-state index contributed by atoms with van der Waals surface area (Å²) < 4.78 is 5.06. The molecule has 1 aliphatic rings. The van der Waals surface area contributed by atoms with Crippen molar-refractivity contribution in [1.29, 1.82) is 0 Å². The summed E-state index contributed by atoms with van der Waals surface area (Å²) in [6.45, 7) is 0.197. The van der Waals surface area contributed by atoms with Crippen LogP contribution in [0, 0.1) is 5.92 Å². The topological polar surface area (TPSA) is 71.5 Å². The summed E-state index contributed by atoms with van der Waals surface area (Å²) >= 11 is 0. The summed E-state index contributed by atoms with van der Waals surface area (Å²) in [4.78, 5) is 16.1. The second-order valence-electron chi connectivity index (χ2n) is 4.59. The van der Waals surface area contributed by atoms with Crippen molar-refractivity contribution >= 4 is 5.91 Å². The molecule has 5 nitrogen and oxygen atoms in total. The lowest BCUT2D eigenvalue weighted by Gasteiger charge is -2.13. The fourth-order valence-electron chi connectivity index (χ4n) is 2.36. The average Bonchev–Trinajstić information content (AvgIpc) is 2.86. The van der Waals surface area contributed by atoms with E-state index in [9.17, 15) is 4.79 Å². The summed E-state index contributed by atoms with van der Waals surface area (Å²) in [5.74, 6) is 0.487. The molecule has 0 aromatic carbocycles. The van der Waals surface area contributed by atoms with Gasteiger partial charge in [0.15, 0.2) is 0 Å². The number of ether oxygens (including phenoxy) is 1. The van der Waals surface area contributed by atoms with Crippen LogP contribution >= 0.6 is 0 Å². The van der Waals surface area contributed by atoms with E-state index in [1.165, 1.54) is 7.11 Å². The Bertz CT molecular complexity index is 422. The molecule has 98 valence electrons. The number of aliphatic hydroxyl groups is 1. The molecule has 0 spiro atoms. The highest BCUT2D eigenvalue weighted by molar-refractivity contribution is 5.96. The Hall–Kier alpha value is -1.62. The number of aliphatic hydroxyl groups excluding tert-OH is 1. The van der Waals surface area contributed by atoms with Crippen LogP contribution in [-0.4, -0.2) is 35.8 Å². The standard InChI is InChI=1S/C13H18N2O3/c1-18-13-11(3-2-6-14-13)12(17)15-10-5-4-9(7-10)8-16/h2-3,6,9-10,16H,4-5,7-8H2,1H3,(H,15,17)/t9-,10+/m1/s1. The number of hydrogen-bond acceptors (Lipinski definition) is 4. The van der Waals surface area contributed by atoms with E-state index in [0.29, 0.717) is 17.4 Å². The molecule has 18 heavy (non-hydrogen) atoms. The maximum atomic E-state index is 12.1. The molecular weight excluding hydrogens is 232 g/mol. The molecule has 1 aromatic heterocycles. The molecule has 1 amide bonds. The third-order valence-electron chi connectivity index (χ3n) is 3.34. The molecule has 0 bridgehead atoms. The number of nitrogens with zero attached hydrogens (tertiary/aromatic N) is 1. The molecule has 0 radical (unpaired) electrons. The van der Waals surface area contributed by atoms with Gasteiger partial charge in [-0.3, -0.25) is 4.79 Å². The van der Waals surface area contributed by atoms with Gasteiger partial charge in [0.2, 0.25) is 5.88 Å². The van der Waals surface area contributed by atoms with Crippen LogP contribution in [0.5, 0.6) is 5.88 Å². The summed E-state index contributed by atoms with van der Waals surface area (Å²) in [6.07, 6.45) is 4.31. The molecule has 0 aliphatic heterocycles. The van der Waals surface area contributed by atoms with Gasteiger partial charge in [0, 0.05) is 18.8 Å². The van der Waals surface area contributed by atoms with Crippen molar-refractivity contribution in [2.45, 2.75) is 25.3 Å². The summed E-state index contributed by atoms with van der Waals surface area (Å²) in [5.41, 5.74) is 0.451. The van der Waals surface area contributed by atoms with Gasteiger partial charge in [-0.2, -0.15) is 0 Å².